The summed E-state index contributed by atoms with van der Waals surface area (Å²) in [5.41, 5.74) is 2.07. The lowest BCUT2D eigenvalue weighted by Crippen LogP contribution is -2.19. The number of ether oxygens (including phenoxy) is 1. The van der Waals surface area contributed by atoms with Gasteiger partial charge in [0.05, 0.1) is 10.7 Å². The van der Waals surface area contributed by atoms with Crippen molar-refractivity contribution in [2.45, 2.75) is 27.3 Å². The van der Waals surface area contributed by atoms with Crippen LogP contribution in [-0.2, 0) is 6.54 Å². The average molecular weight is 305 g/mol. The van der Waals surface area contributed by atoms with Crippen LogP contribution < -0.4 is 10.1 Å². The van der Waals surface area contributed by atoms with E-state index in [9.17, 15) is 0 Å². The summed E-state index contributed by atoms with van der Waals surface area (Å²) in [6.07, 6.45) is 1.76. The SMILES string of the molecule is Cc1ccc(Cl)c(Oc2ccnc(CNCC(C)C)c2)c1. The van der Waals surface area contributed by atoms with Crippen molar-refractivity contribution in [2.75, 3.05) is 6.54 Å². The number of hydrogen-bond acceptors (Lipinski definition) is 3. The standard InChI is InChI=1S/C17H21ClN2O/c1-12(2)10-19-11-14-9-15(6-7-20-14)21-17-8-13(3)4-5-16(17)18/h4-9,12,19H,10-11H2,1-3H3. The maximum absolute atomic E-state index is 6.15. The van der Waals surface area contributed by atoms with E-state index >= 15 is 0 Å². The Morgan fingerprint density at radius 2 is 2.05 bits per heavy atom. The molecule has 0 aliphatic heterocycles. The van der Waals surface area contributed by atoms with Crippen LogP contribution in [0.15, 0.2) is 36.5 Å². The molecule has 0 unspecified atom stereocenters. The Bertz CT molecular complexity index is 599. The molecule has 0 saturated heterocycles. The molecular formula is C17H21ClN2O. The van der Waals surface area contributed by atoms with Crippen LogP contribution in [0, 0.1) is 12.8 Å². The van der Waals surface area contributed by atoms with Crippen LogP contribution in [0.25, 0.3) is 0 Å². The smallest absolute Gasteiger partial charge is 0.146 e. The van der Waals surface area contributed by atoms with Gasteiger partial charge in [-0.1, -0.05) is 31.5 Å². The van der Waals surface area contributed by atoms with E-state index in [4.69, 9.17) is 16.3 Å². The molecule has 0 fully saturated rings. The number of benzene rings is 1. The number of hydrogen-bond donors (Lipinski definition) is 1. The minimum atomic E-state index is 0.608. The third-order valence-corrected chi connectivity index (χ3v) is 3.27. The summed E-state index contributed by atoms with van der Waals surface area (Å²) in [7, 11) is 0. The van der Waals surface area contributed by atoms with E-state index in [0.717, 1.165) is 30.1 Å². The van der Waals surface area contributed by atoms with E-state index in [-0.39, 0.29) is 0 Å². The second kappa shape index (κ2) is 7.43. The first-order chi connectivity index (χ1) is 10.0. The van der Waals surface area contributed by atoms with E-state index < -0.39 is 0 Å². The van der Waals surface area contributed by atoms with E-state index in [2.05, 4.69) is 24.1 Å². The van der Waals surface area contributed by atoms with Gasteiger partial charge in [0.25, 0.3) is 0 Å². The van der Waals surface area contributed by atoms with E-state index in [1.54, 1.807) is 6.20 Å². The molecule has 0 aliphatic carbocycles. The second-order valence-corrected chi connectivity index (χ2v) is 5.95. The molecule has 0 atom stereocenters. The molecule has 0 spiro atoms. The molecule has 1 aromatic heterocycles. The maximum atomic E-state index is 6.15. The highest BCUT2D eigenvalue weighted by atomic mass is 35.5. The fraction of sp³-hybridized carbons (Fsp3) is 0.353. The number of pyridine rings is 1. The first-order valence-corrected chi connectivity index (χ1v) is 7.52. The van der Waals surface area contributed by atoms with Crippen LogP contribution in [0.1, 0.15) is 25.1 Å². The largest absolute Gasteiger partial charge is 0.456 e. The molecular weight excluding hydrogens is 284 g/mol. The molecule has 2 aromatic rings. The second-order valence-electron chi connectivity index (χ2n) is 5.54. The minimum absolute atomic E-state index is 0.608. The third-order valence-electron chi connectivity index (χ3n) is 2.96. The maximum Gasteiger partial charge on any atom is 0.146 e. The molecule has 2 rings (SSSR count). The summed E-state index contributed by atoms with van der Waals surface area (Å²) in [4.78, 5) is 4.34. The summed E-state index contributed by atoms with van der Waals surface area (Å²) in [5, 5.41) is 3.98. The molecule has 1 N–H and O–H groups in total. The van der Waals surface area contributed by atoms with Crippen LogP contribution in [0.4, 0.5) is 0 Å². The van der Waals surface area contributed by atoms with E-state index in [0.29, 0.717) is 16.7 Å². The predicted molar refractivity (Wildman–Crippen MR) is 87.0 cm³/mol. The van der Waals surface area contributed by atoms with E-state index in [1.165, 1.54) is 0 Å². The Kier molecular flexibility index (Phi) is 5.59. The molecule has 3 nitrogen and oxygen atoms in total. The normalized spacial score (nSPS) is 10.9. The topological polar surface area (TPSA) is 34.1 Å². The van der Waals surface area contributed by atoms with Crippen LogP contribution in [0.5, 0.6) is 11.5 Å². The van der Waals surface area contributed by atoms with Gasteiger partial charge in [-0.25, -0.2) is 0 Å². The van der Waals surface area contributed by atoms with Gasteiger partial charge in [0, 0.05) is 18.8 Å². The van der Waals surface area contributed by atoms with Crippen molar-refractivity contribution in [3.05, 3.63) is 52.8 Å². The van der Waals surface area contributed by atoms with Crippen LogP contribution >= 0.6 is 11.6 Å². The summed E-state index contributed by atoms with van der Waals surface area (Å²) >= 11 is 6.15. The van der Waals surface area contributed by atoms with Crippen molar-refractivity contribution in [3.8, 4) is 11.5 Å². The van der Waals surface area contributed by atoms with Gasteiger partial charge in [-0.3, -0.25) is 4.98 Å². The summed E-state index contributed by atoms with van der Waals surface area (Å²) in [6.45, 7) is 8.07. The lowest BCUT2D eigenvalue weighted by atomic mass is 10.2. The van der Waals surface area contributed by atoms with E-state index in [1.807, 2.05) is 37.3 Å². The van der Waals surface area contributed by atoms with Gasteiger partial charge in [-0.2, -0.15) is 0 Å². The number of aryl methyl sites for hydroxylation is 1. The zero-order valence-corrected chi connectivity index (χ0v) is 13.4. The summed E-state index contributed by atoms with van der Waals surface area (Å²) < 4.78 is 5.86. The Labute approximate surface area is 131 Å². The quantitative estimate of drug-likeness (QED) is 0.848. The Morgan fingerprint density at radius 1 is 1.24 bits per heavy atom. The minimum Gasteiger partial charge on any atom is -0.456 e. The zero-order chi connectivity index (χ0) is 15.2. The highest BCUT2D eigenvalue weighted by Crippen LogP contribution is 2.30. The highest BCUT2D eigenvalue weighted by Gasteiger charge is 2.05. The average Bonchev–Trinajstić information content (AvgIpc) is 2.43. The molecule has 0 aliphatic rings. The molecule has 0 amide bonds. The highest BCUT2D eigenvalue weighted by molar-refractivity contribution is 6.32. The first-order valence-electron chi connectivity index (χ1n) is 7.14. The van der Waals surface area contributed by atoms with Gasteiger partial charge in [0.1, 0.15) is 11.5 Å². The number of rotatable bonds is 6. The Hall–Kier alpha value is -1.58. The molecule has 0 bridgehead atoms. The van der Waals surface area contributed by atoms with Crippen molar-refractivity contribution in [3.63, 3.8) is 0 Å². The number of nitrogens with zero attached hydrogens (tertiary/aromatic N) is 1. The molecule has 4 heteroatoms. The van der Waals surface area contributed by atoms with Crippen LogP contribution in [0.3, 0.4) is 0 Å². The number of nitrogens with one attached hydrogen (secondary N) is 1. The molecule has 0 radical (unpaired) electrons. The third kappa shape index (κ3) is 5.03. The van der Waals surface area contributed by atoms with Crippen molar-refractivity contribution in [1.82, 2.24) is 10.3 Å². The monoisotopic (exact) mass is 304 g/mol. The predicted octanol–water partition coefficient (Wildman–Crippen LogP) is 4.58. The van der Waals surface area contributed by atoms with Gasteiger partial charge >= 0.3 is 0 Å². The van der Waals surface area contributed by atoms with Crippen LogP contribution in [0.2, 0.25) is 5.02 Å². The van der Waals surface area contributed by atoms with Gasteiger partial charge < -0.3 is 10.1 Å². The fourth-order valence-corrected chi connectivity index (χ4v) is 2.08. The first kappa shape index (κ1) is 15.8. The Balaban J connectivity index is 2.05. The van der Waals surface area contributed by atoms with Crippen molar-refractivity contribution in [2.24, 2.45) is 5.92 Å². The number of halogens is 1. The lowest BCUT2D eigenvalue weighted by Gasteiger charge is -2.10. The van der Waals surface area contributed by atoms with Gasteiger partial charge in [-0.15, -0.1) is 0 Å². The molecule has 1 heterocycles. The van der Waals surface area contributed by atoms with Crippen LogP contribution in [-0.4, -0.2) is 11.5 Å². The molecule has 0 saturated carbocycles. The van der Waals surface area contributed by atoms with Gasteiger partial charge in [0.2, 0.25) is 0 Å². The van der Waals surface area contributed by atoms with Gasteiger partial charge in [0.15, 0.2) is 0 Å². The zero-order valence-electron chi connectivity index (χ0n) is 12.7. The van der Waals surface area contributed by atoms with Crippen molar-refractivity contribution in [1.29, 1.82) is 0 Å². The molecule has 112 valence electrons. The summed E-state index contributed by atoms with van der Waals surface area (Å²) in [6, 6.07) is 9.51. The molecule has 1 aromatic carbocycles. The van der Waals surface area contributed by atoms with Crippen molar-refractivity contribution < 1.29 is 4.74 Å². The Morgan fingerprint density at radius 3 is 2.81 bits per heavy atom. The number of aromatic nitrogens is 1. The fourth-order valence-electron chi connectivity index (χ4n) is 1.92. The lowest BCUT2D eigenvalue weighted by molar-refractivity contribution is 0.479. The molecule has 21 heavy (non-hydrogen) atoms. The summed E-state index contributed by atoms with van der Waals surface area (Å²) in [5.74, 6) is 2.04. The van der Waals surface area contributed by atoms with Crippen molar-refractivity contribution >= 4 is 11.6 Å². The van der Waals surface area contributed by atoms with Gasteiger partial charge in [-0.05, 0) is 43.1 Å².